The van der Waals surface area contributed by atoms with E-state index >= 15 is 0 Å². The molecule has 0 rings (SSSR count). The molecule has 0 fully saturated rings. The molecule has 0 spiro atoms. The number of rotatable bonds is 4. The molecule has 0 aromatic carbocycles. The number of carbonyl (C=O) groups is 1. The molecule has 1 N–H and O–H groups in total. The predicted octanol–water partition coefficient (Wildman–Crippen LogP) is -0.528. The molecule has 60 valence electrons. The Morgan fingerprint density at radius 3 is 2.50 bits per heavy atom. The zero-order valence-electron chi connectivity index (χ0n) is 5.79. The Morgan fingerprint density at radius 1 is 1.50 bits per heavy atom. The third kappa shape index (κ3) is 5.55. The van der Waals surface area contributed by atoms with Crippen molar-refractivity contribution in [1.29, 1.82) is 0 Å². The lowest BCUT2D eigenvalue weighted by molar-refractivity contribution is -0.120. The van der Waals surface area contributed by atoms with Crippen molar-refractivity contribution in [2.24, 2.45) is 0 Å². The molecule has 0 aromatic heterocycles. The molecule has 0 unspecified atom stereocenters. The van der Waals surface area contributed by atoms with Gasteiger partial charge in [0, 0.05) is 6.42 Å². The van der Waals surface area contributed by atoms with E-state index in [1.807, 2.05) is 6.92 Å². The van der Waals surface area contributed by atoms with Crippen LogP contribution in [0.25, 0.3) is 0 Å². The Labute approximate surface area is 61.6 Å². The number of hydrogen-bond acceptors (Lipinski definition) is 3. The maximum absolute atomic E-state index is 10.6. The maximum atomic E-state index is 10.6. The van der Waals surface area contributed by atoms with Crippen molar-refractivity contribution >= 4 is 16.6 Å². The Kier molecular flexibility index (Phi) is 4.92. The van der Waals surface area contributed by atoms with Crippen LogP contribution in [0, 0.1) is 0 Å². The van der Waals surface area contributed by atoms with Gasteiger partial charge in [-0.2, -0.15) is 0 Å². The third-order valence-corrected chi connectivity index (χ3v) is 1.30. The highest BCUT2D eigenvalue weighted by Crippen LogP contribution is 1.84. The Balaban J connectivity index is 3.40. The van der Waals surface area contributed by atoms with Crippen LogP contribution in [-0.2, 0) is 15.5 Å². The van der Waals surface area contributed by atoms with Crippen LogP contribution in [0.4, 0.5) is 0 Å². The second-order valence-corrected chi connectivity index (χ2v) is 2.82. The topological polar surface area (TPSA) is 63.2 Å². The molecule has 1 amide bonds. The molecule has 0 saturated heterocycles. The number of hydrogen-bond donors (Lipinski definition) is 2. The fourth-order valence-corrected chi connectivity index (χ4v) is 0.774. The van der Waals surface area contributed by atoms with Crippen molar-refractivity contribution in [3.63, 3.8) is 0 Å². The van der Waals surface area contributed by atoms with Gasteiger partial charge in [-0.15, -0.1) is 0 Å². The zero-order valence-corrected chi connectivity index (χ0v) is 6.69. The first-order chi connectivity index (χ1) is 4.66. The Bertz CT molecular complexity index is 168. The average molecular weight is 165 g/mol. The van der Waals surface area contributed by atoms with Crippen LogP contribution in [0.15, 0.2) is 0 Å². The first-order valence-electron chi connectivity index (χ1n) is 3.05. The highest BCUT2D eigenvalue weighted by atomic mass is 32.2. The molecule has 0 aliphatic heterocycles. The average Bonchev–Trinajstić information content (AvgIpc) is 1.85. The summed E-state index contributed by atoms with van der Waals surface area (Å²) < 4.78 is 19.9. The summed E-state index contributed by atoms with van der Waals surface area (Å²) in [6.07, 6.45) is 1.13. The van der Waals surface area contributed by atoms with E-state index < -0.39 is 10.7 Å². The van der Waals surface area contributed by atoms with Gasteiger partial charge in [0.15, 0.2) is 10.7 Å². The normalized spacial score (nSPS) is 9.80. The minimum atomic E-state index is -2.48. The van der Waals surface area contributed by atoms with Gasteiger partial charge < -0.3 is 5.32 Å². The van der Waals surface area contributed by atoms with Crippen LogP contribution in [0.5, 0.6) is 0 Å². The minimum Gasteiger partial charge on any atom is -0.342 e. The number of nitrogens with one attached hydrogen (secondary N) is 1. The highest BCUT2D eigenvalue weighted by Gasteiger charge is 1.96. The van der Waals surface area contributed by atoms with E-state index in [1.165, 1.54) is 0 Å². The standard InChI is InChI=1S/C5H11NO3S/c1-2-3-5(7)6-4-10(8)9/h10H,2-4H2,1H3,(H,6,7). The smallest absolute Gasteiger partial charge is 0.220 e. The van der Waals surface area contributed by atoms with E-state index in [4.69, 9.17) is 0 Å². The molecule has 0 radical (unpaired) electrons. The molecular weight excluding hydrogens is 154 g/mol. The fourth-order valence-electron chi connectivity index (χ4n) is 0.468. The summed E-state index contributed by atoms with van der Waals surface area (Å²) in [4.78, 5) is 10.6. The quantitative estimate of drug-likeness (QED) is 0.550. The monoisotopic (exact) mass is 165 g/mol. The van der Waals surface area contributed by atoms with Gasteiger partial charge in [0.2, 0.25) is 5.91 Å². The van der Waals surface area contributed by atoms with Gasteiger partial charge in [-0.1, -0.05) is 6.92 Å². The number of amides is 1. The SMILES string of the molecule is CCCC(=O)NC[SH](=O)=O. The van der Waals surface area contributed by atoms with Crippen LogP contribution in [0.1, 0.15) is 19.8 Å². The molecule has 0 aliphatic carbocycles. The van der Waals surface area contributed by atoms with Crippen LogP contribution in [-0.4, -0.2) is 20.2 Å². The third-order valence-electron chi connectivity index (χ3n) is 0.882. The fraction of sp³-hybridized carbons (Fsp3) is 0.800. The minimum absolute atomic E-state index is 0.207. The van der Waals surface area contributed by atoms with E-state index in [9.17, 15) is 13.2 Å². The molecule has 0 bridgehead atoms. The van der Waals surface area contributed by atoms with Gasteiger partial charge in [-0.3, -0.25) is 4.79 Å². The van der Waals surface area contributed by atoms with Crippen molar-refractivity contribution in [1.82, 2.24) is 5.32 Å². The second-order valence-electron chi connectivity index (χ2n) is 1.84. The molecular formula is C5H11NO3S. The van der Waals surface area contributed by atoms with Crippen molar-refractivity contribution in [2.75, 3.05) is 5.88 Å². The Hall–Kier alpha value is -0.580. The van der Waals surface area contributed by atoms with Crippen molar-refractivity contribution in [2.45, 2.75) is 19.8 Å². The predicted molar refractivity (Wildman–Crippen MR) is 38.2 cm³/mol. The van der Waals surface area contributed by atoms with Gasteiger partial charge >= 0.3 is 0 Å². The van der Waals surface area contributed by atoms with Crippen molar-refractivity contribution < 1.29 is 13.2 Å². The lowest BCUT2D eigenvalue weighted by Crippen LogP contribution is -2.24. The van der Waals surface area contributed by atoms with Crippen LogP contribution >= 0.6 is 0 Å². The van der Waals surface area contributed by atoms with E-state index in [2.05, 4.69) is 5.32 Å². The van der Waals surface area contributed by atoms with Gasteiger partial charge in [0.1, 0.15) is 5.88 Å². The molecule has 0 aliphatic rings. The lowest BCUT2D eigenvalue weighted by Gasteiger charge is -1.96. The molecule has 0 aromatic rings. The summed E-state index contributed by atoms with van der Waals surface area (Å²) in [6, 6.07) is 0. The largest absolute Gasteiger partial charge is 0.342 e. The Morgan fingerprint density at radius 2 is 2.10 bits per heavy atom. The van der Waals surface area contributed by atoms with Crippen molar-refractivity contribution in [3.05, 3.63) is 0 Å². The van der Waals surface area contributed by atoms with Gasteiger partial charge in [0.05, 0.1) is 0 Å². The summed E-state index contributed by atoms with van der Waals surface area (Å²) >= 11 is 0. The van der Waals surface area contributed by atoms with E-state index in [-0.39, 0.29) is 11.8 Å². The van der Waals surface area contributed by atoms with E-state index in [0.717, 1.165) is 6.42 Å². The first-order valence-corrected chi connectivity index (χ1v) is 4.41. The van der Waals surface area contributed by atoms with Crippen LogP contribution in [0.3, 0.4) is 0 Å². The van der Waals surface area contributed by atoms with Crippen molar-refractivity contribution in [3.8, 4) is 0 Å². The molecule has 0 heterocycles. The summed E-state index contributed by atoms with van der Waals surface area (Å²) in [5, 5.41) is 2.25. The van der Waals surface area contributed by atoms with Gasteiger partial charge in [0.25, 0.3) is 0 Å². The molecule has 10 heavy (non-hydrogen) atoms. The molecule has 0 saturated carbocycles. The second kappa shape index (κ2) is 5.22. The molecule has 0 atom stereocenters. The highest BCUT2D eigenvalue weighted by molar-refractivity contribution is 7.72. The van der Waals surface area contributed by atoms with Gasteiger partial charge in [-0.05, 0) is 6.42 Å². The summed E-state index contributed by atoms with van der Waals surface area (Å²) in [6.45, 7) is 1.86. The summed E-state index contributed by atoms with van der Waals surface area (Å²) in [5.41, 5.74) is 0. The van der Waals surface area contributed by atoms with Crippen LogP contribution < -0.4 is 5.32 Å². The van der Waals surface area contributed by atoms with Crippen LogP contribution in [0.2, 0.25) is 0 Å². The maximum Gasteiger partial charge on any atom is 0.220 e. The molecule has 5 heteroatoms. The zero-order chi connectivity index (χ0) is 7.98. The summed E-state index contributed by atoms with van der Waals surface area (Å²) in [5.74, 6) is -0.449. The van der Waals surface area contributed by atoms with E-state index in [0.29, 0.717) is 6.42 Å². The number of carbonyl (C=O) groups excluding carboxylic acids is 1. The summed E-state index contributed by atoms with van der Waals surface area (Å²) in [7, 11) is -2.48. The molecule has 4 nitrogen and oxygen atoms in total. The van der Waals surface area contributed by atoms with E-state index in [1.54, 1.807) is 0 Å². The first kappa shape index (κ1) is 9.42. The number of thiol groups is 1. The lowest BCUT2D eigenvalue weighted by atomic mass is 10.3. The van der Waals surface area contributed by atoms with Gasteiger partial charge in [-0.25, -0.2) is 8.42 Å².